The molecule has 1 atom stereocenters. The molecule has 138 valence electrons. The number of benzene rings is 1. The third-order valence-electron chi connectivity index (χ3n) is 4.45. The van der Waals surface area contributed by atoms with Gasteiger partial charge in [-0.05, 0) is 37.3 Å². The molecule has 1 unspecified atom stereocenters. The van der Waals surface area contributed by atoms with Crippen LogP contribution in [0.15, 0.2) is 41.0 Å². The minimum atomic E-state index is -0.460. The summed E-state index contributed by atoms with van der Waals surface area (Å²) in [5.41, 5.74) is 0.372. The van der Waals surface area contributed by atoms with Crippen molar-refractivity contribution in [2.45, 2.75) is 13.0 Å². The number of furan rings is 1. The Labute approximate surface area is 155 Å². The summed E-state index contributed by atoms with van der Waals surface area (Å²) in [6, 6.07) is 6.74. The van der Waals surface area contributed by atoms with E-state index in [1.807, 2.05) is 4.90 Å². The van der Waals surface area contributed by atoms with Crippen molar-refractivity contribution >= 4 is 29.1 Å². The SMILES string of the molecule is CC(C(=O)Nc1ccc(F)cc1Cl)N1CCN(C(=O)c2ccco2)CC1. The van der Waals surface area contributed by atoms with Gasteiger partial charge in [0.05, 0.1) is 23.0 Å². The first-order valence-electron chi connectivity index (χ1n) is 8.28. The molecule has 1 aliphatic heterocycles. The number of halogens is 2. The molecule has 1 aromatic carbocycles. The van der Waals surface area contributed by atoms with Crippen molar-refractivity contribution in [3.63, 3.8) is 0 Å². The van der Waals surface area contributed by atoms with Gasteiger partial charge in [-0.15, -0.1) is 0 Å². The van der Waals surface area contributed by atoms with Gasteiger partial charge in [0.15, 0.2) is 5.76 Å². The molecule has 1 saturated heterocycles. The Morgan fingerprint density at radius 2 is 1.96 bits per heavy atom. The second-order valence-electron chi connectivity index (χ2n) is 6.09. The van der Waals surface area contributed by atoms with Crippen molar-refractivity contribution in [2.24, 2.45) is 0 Å². The first-order valence-corrected chi connectivity index (χ1v) is 8.66. The number of anilines is 1. The van der Waals surface area contributed by atoms with Crippen LogP contribution in [0, 0.1) is 5.82 Å². The maximum absolute atomic E-state index is 13.1. The third-order valence-corrected chi connectivity index (χ3v) is 4.76. The lowest BCUT2D eigenvalue weighted by molar-refractivity contribution is -0.121. The lowest BCUT2D eigenvalue weighted by atomic mass is 10.2. The summed E-state index contributed by atoms with van der Waals surface area (Å²) >= 11 is 5.95. The van der Waals surface area contributed by atoms with Crippen LogP contribution < -0.4 is 5.32 Å². The van der Waals surface area contributed by atoms with Gasteiger partial charge in [-0.2, -0.15) is 0 Å². The van der Waals surface area contributed by atoms with Crippen LogP contribution in [0.1, 0.15) is 17.5 Å². The Hall–Kier alpha value is -2.38. The summed E-state index contributed by atoms with van der Waals surface area (Å²) in [6.45, 7) is 3.94. The Kier molecular flexibility index (Phi) is 5.58. The number of nitrogens with zero attached hydrogens (tertiary/aromatic N) is 2. The second kappa shape index (κ2) is 7.88. The normalized spacial score (nSPS) is 16.3. The van der Waals surface area contributed by atoms with Gasteiger partial charge in [-0.25, -0.2) is 4.39 Å². The molecule has 0 radical (unpaired) electrons. The summed E-state index contributed by atoms with van der Waals surface area (Å²) in [4.78, 5) is 28.4. The van der Waals surface area contributed by atoms with Gasteiger partial charge in [-0.3, -0.25) is 14.5 Å². The molecular formula is C18H19ClFN3O3. The van der Waals surface area contributed by atoms with Crippen LogP contribution in [0.25, 0.3) is 0 Å². The standard InChI is InChI=1S/C18H19ClFN3O3/c1-12(17(24)21-15-5-4-13(20)11-14(15)19)22-6-8-23(9-7-22)18(25)16-3-2-10-26-16/h2-5,10-12H,6-9H2,1H3,(H,21,24). The molecule has 2 amide bonds. The predicted molar refractivity (Wildman–Crippen MR) is 95.7 cm³/mol. The van der Waals surface area contributed by atoms with Crippen LogP contribution in [0.3, 0.4) is 0 Å². The Morgan fingerprint density at radius 1 is 1.23 bits per heavy atom. The number of nitrogens with one attached hydrogen (secondary N) is 1. The minimum absolute atomic E-state index is 0.148. The van der Waals surface area contributed by atoms with Crippen LogP contribution >= 0.6 is 11.6 Å². The first kappa shape index (κ1) is 18.4. The Morgan fingerprint density at radius 3 is 2.58 bits per heavy atom. The fraction of sp³-hybridized carbons (Fsp3) is 0.333. The molecule has 1 aliphatic rings. The van der Waals surface area contributed by atoms with Crippen LogP contribution in [0.4, 0.5) is 10.1 Å². The van der Waals surface area contributed by atoms with Crippen molar-refractivity contribution in [3.8, 4) is 0 Å². The second-order valence-corrected chi connectivity index (χ2v) is 6.50. The molecule has 6 nitrogen and oxygen atoms in total. The van der Waals surface area contributed by atoms with E-state index in [9.17, 15) is 14.0 Å². The summed E-state index contributed by atoms with van der Waals surface area (Å²) in [5.74, 6) is -0.525. The average Bonchev–Trinajstić information content (AvgIpc) is 3.17. The van der Waals surface area contributed by atoms with E-state index < -0.39 is 11.9 Å². The molecule has 0 bridgehead atoms. The molecule has 1 fully saturated rings. The van der Waals surface area contributed by atoms with Crippen LogP contribution in [0.5, 0.6) is 0 Å². The zero-order valence-corrected chi connectivity index (χ0v) is 15.0. The molecule has 3 rings (SSSR count). The molecule has 1 N–H and O–H groups in total. The fourth-order valence-electron chi connectivity index (χ4n) is 2.86. The van der Waals surface area contributed by atoms with E-state index in [-0.39, 0.29) is 16.8 Å². The Balaban J connectivity index is 1.55. The molecular weight excluding hydrogens is 361 g/mol. The number of carbonyl (C=O) groups excluding carboxylic acids is 2. The number of carbonyl (C=O) groups is 2. The molecule has 1 aromatic heterocycles. The van der Waals surface area contributed by atoms with Gasteiger partial charge in [0.25, 0.3) is 5.91 Å². The monoisotopic (exact) mass is 379 g/mol. The van der Waals surface area contributed by atoms with Crippen molar-refractivity contribution < 1.29 is 18.4 Å². The molecule has 0 aliphatic carbocycles. The number of hydrogen-bond donors (Lipinski definition) is 1. The molecule has 8 heteroatoms. The van der Waals surface area contributed by atoms with E-state index in [0.717, 1.165) is 6.07 Å². The van der Waals surface area contributed by atoms with E-state index in [2.05, 4.69) is 5.32 Å². The predicted octanol–water partition coefficient (Wildman–Crippen LogP) is 2.86. The topological polar surface area (TPSA) is 65.8 Å². The van der Waals surface area contributed by atoms with Gasteiger partial charge in [0, 0.05) is 26.2 Å². The zero-order chi connectivity index (χ0) is 18.7. The maximum atomic E-state index is 13.1. The van der Waals surface area contributed by atoms with Gasteiger partial charge < -0.3 is 14.6 Å². The van der Waals surface area contributed by atoms with E-state index in [4.69, 9.17) is 16.0 Å². The van der Waals surface area contributed by atoms with Crippen molar-refractivity contribution in [2.75, 3.05) is 31.5 Å². The van der Waals surface area contributed by atoms with Gasteiger partial charge >= 0.3 is 0 Å². The van der Waals surface area contributed by atoms with E-state index in [1.165, 1.54) is 18.4 Å². The molecule has 2 heterocycles. The van der Waals surface area contributed by atoms with Crippen molar-refractivity contribution in [1.82, 2.24) is 9.80 Å². The quantitative estimate of drug-likeness (QED) is 0.887. The minimum Gasteiger partial charge on any atom is -0.459 e. The van der Waals surface area contributed by atoms with Gasteiger partial charge in [0.2, 0.25) is 5.91 Å². The smallest absolute Gasteiger partial charge is 0.289 e. The number of rotatable bonds is 4. The zero-order valence-electron chi connectivity index (χ0n) is 14.2. The molecule has 26 heavy (non-hydrogen) atoms. The van der Waals surface area contributed by atoms with Gasteiger partial charge in [0.1, 0.15) is 5.82 Å². The average molecular weight is 380 g/mol. The Bertz CT molecular complexity index is 789. The summed E-state index contributed by atoms with van der Waals surface area (Å²) in [6.07, 6.45) is 1.47. The third kappa shape index (κ3) is 4.05. The lowest BCUT2D eigenvalue weighted by Gasteiger charge is -2.37. The highest BCUT2D eigenvalue weighted by molar-refractivity contribution is 6.33. The first-order chi connectivity index (χ1) is 12.5. The fourth-order valence-corrected chi connectivity index (χ4v) is 3.08. The summed E-state index contributed by atoms with van der Waals surface area (Å²) in [5, 5.41) is 2.87. The van der Waals surface area contributed by atoms with Crippen molar-refractivity contribution in [3.05, 3.63) is 53.2 Å². The van der Waals surface area contributed by atoms with E-state index >= 15 is 0 Å². The summed E-state index contributed by atoms with van der Waals surface area (Å²) in [7, 11) is 0. The van der Waals surface area contributed by atoms with Crippen molar-refractivity contribution in [1.29, 1.82) is 0 Å². The lowest BCUT2D eigenvalue weighted by Crippen LogP contribution is -2.54. The maximum Gasteiger partial charge on any atom is 0.289 e. The molecule has 0 spiro atoms. The molecule has 0 saturated carbocycles. The highest BCUT2D eigenvalue weighted by Crippen LogP contribution is 2.23. The number of amides is 2. The van der Waals surface area contributed by atoms with E-state index in [1.54, 1.807) is 24.0 Å². The summed E-state index contributed by atoms with van der Waals surface area (Å²) < 4.78 is 18.2. The highest BCUT2D eigenvalue weighted by Gasteiger charge is 2.28. The largest absolute Gasteiger partial charge is 0.459 e. The number of hydrogen-bond acceptors (Lipinski definition) is 4. The molecule has 2 aromatic rings. The van der Waals surface area contributed by atoms with Crippen LogP contribution in [0.2, 0.25) is 5.02 Å². The van der Waals surface area contributed by atoms with Gasteiger partial charge in [-0.1, -0.05) is 11.6 Å². The van der Waals surface area contributed by atoms with Crippen LogP contribution in [-0.2, 0) is 4.79 Å². The van der Waals surface area contributed by atoms with E-state index in [0.29, 0.717) is 37.6 Å². The highest BCUT2D eigenvalue weighted by atomic mass is 35.5. The number of piperazine rings is 1. The van der Waals surface area contributed by atoms with Crippen LogP contribution in [-0.4, -0.2) is 53.8 Å².